The van der Waals surface area contributed by atoms with Crippen molar-refractivity contribution in [2.75, 3.05) is 5.01 Å². The number of benzene rings is 1. The van der Waals surface area contributed by atoms with E-state index in [9.17, 15) is 4.79 Å². The highest BCUT2D eigenvalue weighted by molar-refractivity contribution is 6.31. The van der Waals surface area contributed by atoms with Crippen molar-refractivity contribution >= 4 is 29.4 Å². The molecule has 1 aliphatic rings. The lowest BCUT2D eigenvalue weighted by Gasteiger charge is -2.16. The molecule has 1 fully saturated rings. The van der Waals surface area contributed by atoms with Gasteiger partial charge in [-0.05, 0) is 30.3 Å². The molecule has 0 saturated carbocycles. The average molecular weight is 317 g/mol. The summed E-state index contributed by atoms with van der Waals surface area (Å²) in [6.45, 7) is 4.41. The number of halogens is 1. The fourth-order valence-electron chi connectivity index (χ4n) is 2.23. The van der Waals surface area contributed by atoms with E-state index in [-0.39, 0.29) is 5.91 Å². The van der Waals surface area contributed by atoms with Crippen LogP contribution in [0.5, 0.6) is 0 Å². The molecule has 0 spiro atoms. The summed E-state index contributed by atoms with van der Waals surface area (Å²) in [6.07, 6.45) is 3.32. The summed E-state index contributed by atoms with van der Waals surface area (Å²) in [5, 5.41) is 2.02. The highest BCUT2D eigenvalue weighted by atomic mass is 35.5. The van der Waals surface area contributed by atoms with E-state index in [1.54, 1.807) is 30.7 Å². The topological polar surface area (TPSA) is 59.5 Å². The number of hydrazine groups is 1. The van der Waals surface area contributed by atoms with Gasteiger partial charge in [0.15, 0.2) is 24.4 Å². The van der Waals surface area contributed by atoms with Gasteiger partial charge in [-0.25, -0.2) is 10.0 Å². The third-order valence-electron chi connectivity index (χ3n) is 3.32. The fraction of sp³-hybridized carbons (Fsp3) is 0.125. The molecule has 1 aromatic heterocycles. The maximum absolute atomic E-state index is 12.5. The van der Waals surface area contributed by atoms with Crippen molar-refractivity contribution in [1.29, 1.82) is 0 Å². The lowest BCUT2D eigenvalue weighted by molar-refractivity contribution is -0.474. The van der Waals surface area contributed by atoms with E-state index in [2.05, 4.69) is 17.0 Å². The minimum atomic E-state index is -0.450. The van der Waals surface area contributed by atoms with E-state index >= 15 is 0 Å². The number of nitrogens with one attached hydrogen (secondary N) is 2. The van der Waals surface area contributed by atoms with Crippen molar-refractivity contribution in [3.05, 3.63) is 65.7 Å². The van der Waals surface area contributed by atoms with Crippen LogP contribution in [0.2, 0.25) is 5.02 Å². The fourth-order valence-corrected chi connectivity index (χ4v) is 2.41. The molecule has 0 aliphatic carbocycles. The Balaban J connectivity index is 1.72. The summed E-state index contributed by atoms with van der Waals surface area (Å²) >= 11 is 5.97. The molecular weight excluding hydrogens is 302 g/mol. The van der Waals surface area contributed by atoms with Crippen LogP contribution in [-0.2, 0) is 11.3 Å². The molecular formula is C16H15ClN3O2+. The Hall–Kier alpha value is -2.53. The summed E-state index contributed by atoms with van der Waals surface area (Å²) in [6, 6.07) is 10.8. The van der Waals surface area contributed by atoms with Gasteiger partial charge in [0.25, 0.3) is 5.91 Å². The van der Waals surface area contributed by atoms with Gasteiger partial charge in [0.1, 0.15) is 0 Å². The van der Waals surface area contributed by atoms with Gasteiger partial charge < -0.3 is 4.42 Å². The SMILES string of the molecule is C=C1NN(c2cccc(Cl)c2)C(=O)[C@@H]1C=[NH+]Cc1ccco1. The summed E-state index contributed by atoms with van der Waals surface area (Å²) in [5.41, 5.74) is 4.27. The Bertz CT molecular complexity index is 725. The Kier molecular flexibility index (Phi) is 3.98. The average Bonchev–Trinajstić information content (AvgIpc) is 3.10. The van der Waals surface area contributed by atoms with Gasteiger partial charge in [-0.1, -0.05) is 24.2 Å². The van der Waals surface area contributed by atoms with Gasteiger partial charge in [0, 0.05) is 10.7 Å². The van der Waals surface area contributed by atoms with E-state index in [1.807, 2.05) is 18.2 Å². The number of carbonyl (C=O) groups excluding carboxylic acids is 1. The van der Waals surface area contributed by atoms with Crippen molar-refractivity contribution in [1.82, 2.24) is 5.43 Å². The normalized spacial score (nSPS) is 18.2. The zero-order valence-electron chi connectivity index (χ0n) is 11.8. The van der Waals surface area contributed by atoms with Crippen LogP contribution in [-0.4, -0.2) is 12.1 Å². The maximum Gasteiger partial charge on any atom is 0.264 e. The van der Waals surface area contributed by atoms with Crippen molar-refractivity contribution in [2.45, 2.75) is 6.54 Å². The smallest absolute Gasteiger partial charge is 0.264 e. The van der Waals surface area contributed by atoms with Crippen molar-refractivity contribution < 1.29 is 14.2 Å². The van der Waals surface area contributed by atoms with E-state index in [0.717, 1.165) is 5.76 Å². The molecule has 2 aromatic rings. The number of carbonyl (C=O) groups is 1. The van der Waals surface area contributed by atoms with E-state index < -0.39 is 5.92 Å². The summed E-state index contributed by atoms with van der Waals surface area (Å²) < 4.78 is 5.22. The van der Waals surface area contributed by atoms with Crippen molar-refractivity contribution in [3.8, 4) is 0 Å². The third kappa shape index (κ3) is 2.89. The molecule has 2 N–H and O–H groups in total. The predicted octanol–water partition coefficient (Wildman–Crippen LogP) is 1.27. The molecule has 0 bridgehead atoms. The molecule has 1 aromatic carbocycles. The number of amides is 1. The van der Waals surface area contributed by atoms with E-state index in [4.69, 9.17) is 16.0 Å². The quantitative estimate of drug-likeness (QED) is 0.835. The van der Waals surface area contributed by atoms with Crippen LogP contribution in [0.1, 0.15) is 5.76 Å². The van der Waals surface area contributed by atoms with E-state index in [0.29, 0.717) is 23.0 Å². The molecule has 0 radical (unpaired) electrons. The van der Waals surface area contributed by atoms with Crippen LogP contribution in [0, 0.1) is 5.92 Å². The first kappa shape index (κ1) is 14.4. The van der Waals surface area contributed by atoms with Gasteiger partial charge in [-0.3, -0.25) is 10.2 Å². The molecule has 3 rings (SSSR count). The second kappa shape index (κ2) is 6.07. The number of hydrogen-bond donors (Lipinski definition) is 2. The largest absolute Gasteiger partial charge is 0.463 e. The molecule has 1 atom stereocenters. The molecule has 22 heavy (non-hydrogen) atoms. The lowest BCUT2D eigenvalue weighted by Crippen LogP contribution is -2.68. The number of rotatable bonds is 4. The Morgan fingerprint density at radius 1 is 1.41 bits per heavy atom. The third-order valence-corrected chi connectivity index (χ3v) is 3.56. The molecule has 2 heterocycles. The molecule has 5 nitrogen and oxygen atoms in total. The molecule has 1 amide bonds. The lowest BCUT2D eigenvalue weighted by atomic mass is 10.1. The van der Waals surface area contributed by atoms with Crippen LogP contribution in [0.25, 0.3) is 0 Å². The Morgan fingerprint density at radius 2 is 2.27 bits per heavy atom. The van der Waals surface area contributed by atoms with Gasteiger partial charge >= 0.3 is 0 Å². The minimum Gasteiger partial charge on any atom is -0.463 e. The first-order valence-electron chi connectivity index (χ1n) is 6.79. The van der Waals surface area contributed by atoms with Gasteiger partial charge in [-0.2, -0.15) is 0 Å². The molecule has 6 heteroatoms. The summed E-state index contributed by atoms with van der Waals surface area (Å²) in [7, 11) is 0. The predicted molar refractivity (Wildman–Crippen MR) is 84.1 cm³/mol. The van der Waals surface area contributed by atoms with Crippen LogP contribution in [0.3, 0.4) is 0 Å². The molecule has 112 valence electrons. The highest BCUT2D eigenvalue weighted by Gasteiger charge is 2.36. The molecule has 1 aliphatic heterocycles. The highest BCUT2D eigenvalue weighted by Crippen LogP contribution is 2.25. The molecule has 1 saturated heterocycles. The zero-order valence-corrected chi connectivity index (χ0v) is 12.5. The van der Waals surface area contributed by atoms with Crippen molar-refractivity contribution in [3.63, 3.8) is 0 Å². The first-order valence-corrected chi connectivity index (χ1v) is 7.17. The Labute approximate surface area is 132 Å². The first-order chi connectivity index (χ1) is 10.6. The second-order valence-electron chi connectivity index (χ2n) is 4.90. The van der Waals surface area contributed by atoms with Crippen molar-refractivity contribution in [2.24, 2.45) is 5.92 Å². The number of nitrogens with zero attached hydrogens (tertiary/aromatic N) is 1. The summed E-state index contributed by atoms with van der Waals surface area (Å²) in [4.78, 5) is 15.6. The van der Waals surface area contributed by atoms with Crippen LogP contribution in [0.15, 0.2) is 59.4 Å². The van der Waals surface area contributed by atoms with Gasteiger partial charge in [-0.15, -0.1) is 0 Å². The monoisotopic (exact) mass is 316 g/mol. The maximum atomic E-state index is 12.5. The number of hydrogen-bond acceptors (Lipinski definition) is 3. The number of furan rings is 1. The van der Waals surface area contributed by atoms with Gasteiger partial charge in [0.05, 0.1) is 12.0 Å². The van der Waals surface area contributed by atoms with Gasteiger partial charge in [0.2, 0.25) is 0 Å². The standard InChI is InChI=1S/C16H14ClN3O2/c1-11-15(10-18-9-14-6-3-7-22-14)16(21)20(19-11)13-5-2-4-12(17)8-13/h2-8,10,15,19H,1,9H2/p+1/t15-/m1/s1. The molecule has 0 unspecified atom stereocenters. The Morgan fingerprint density at radius 3 is 3.00 bits per heavy atom. The van der Waals surface area contributed by atoms with Crippen LogP contribution in [0.4, 0.5) is 5.69 Å². The van der Waals surface area contributed by atoms with Crippen LogP contribution < -0.4 is 15.4 Å². The minimum absolute atomic E-state index is 0.112. The van der Waals surface area contributed by atoms with Crippen LogP contribution >= 0.6 is 11.6 Å². The zero-order chi connectivity index (χ0) is 15.5. The number of anilines is 1. The summed E-state index contributed by atoms with van der Waals surface area (Å²) in [5.74, 6) is 0.236. The second-order valence-corrected chi connectivity index (χ2v) is 5.33. The van der Waals surface area contributed by atoms with E-state index in [1.165, 1.54) is 5.01 Å².